The fourth-order valence-electron chi connectivity index (χ4n) is 2.58. The third kappa shape index (κ3) is 5.71. The molecule has 28 heavy (non-hydrogen) atoms. The maximum absolute atomic E-state index is 12.0. The number of hydrogen-bond donors (Lipinski definition) is 1. The summed E-state index contributed by atoms with van der Waals surface area (Å²) in [5.74, 6) is 1.24. The maximum atomic E-state index is 12.0. The van der Waals surface area contributed by atoms with Crippen LogP contribution in [0.5, 0.6) is 11.5 Å². The molecule has 0 aliphatic rings. The van der Waals surface area contributed by atoms with Gasteiger partial charge < -0.3 is 14.8 Å². The first kappa shape index (κ1) is 21.7. The summed E-state index contributed by atoms with van der Waals surface area (Å²) >= 11 is 0. The molecule has 0 bridgehead atoms. The fraction of sp³-hybridized carbons (Fsp3) is 0.350. The fourth-order valence-corrected chi connectivity index (χ4v) is 3.48. The second kappa shape index (κ2) is 9.57. The van der Waals surface area contributed by atoms with Gasteiger partial charge in [0.25, 0.3) is 0 Å². The number of nitrogens with one attached hydrogen (secondary N) is 1. The standard InChI is InChI=1S/C20H26N2O5S/c1-15-13-16(5-10-19(15)26-4)14-20(23)21-11-12-27-17-6-8-18(9-7-17)28(24,25)22(2)3/h5-10,13H,11-12,14H2,1-4H3,(H,21,23). The second-order valence-electron chi connectivity index (χ2n) is 6.44. The molecular formula is C20H26N2O5S. The lowest BCUT2D eigenvalue weighted by atomic mass is 10.1. The van der Waals surface area contributed by atoms with Crippen molar-refractivity contribution in [2.24, 2.45) is 0 Å². The Hall–Kier alpha value is -2.58. The predicted octanol–water partition coefficient (Wildman–Crippen LogP) is 1.99. The monoisotopic (exact) mass is 406 g/mol. The van der Waals surface area contributed by atoms with Gasteiger partial charge in [-0.2, -0.15) is 0 Å². The van der Waals surface area contributed by atoms with Gasteiger partial charge in [0.05, 0.1) is 25.0 Å². The largest absolute Gasteiger partial charge is 0.496 e. The molecule has 0 atom stereocenters. The van der Waals surface area contributed by atoms with Gasteiger partial charge in [-0.05, 0) is 48.4 Å². The topological polar surface area (TPSA) is 84.9 Å². The highest BCUT2D eigenvalue weighted by molar-refractivity contribution is 7.89. The average molecular weight is 407 g/mol. The molecule has 0 aliphatic heterocycles. The lowest BCUT2D eigenvalue weighted by Gasteiger charge is -2.12. The Morgan fingerprint density at radius 2 is 1.79 bits per heavy atom. The van der Waals surface area contributed by atoms with Gasteiger partial charge in [-0.25, -0.2) is 12.7 Å². The first-order valence-corrected chi connectivity index (χ1v) is 10.2. The van der Waals surface area contributed by atoms with Crippen LogP contribution in [-0.2, 0) is 21.2 Å². The minimum atomic E-state index is -3.45. The number of methoxy groups -OCH3 is 1. The van der Waals surface area contributed by atoms with Crippen LogP contribution in [0.3, 0.4) is 0 Å². The van der Waals surface area contributed by atoms with Crippen LogP contribution in [0.25, 0.3) is 0 Å². The zero-order valence-electron chi connectivity index (χ0n) is 16.6. The summed E-state index contributed by atoms with van der Waals surface area (Å²) in [7, 11) is 1.12. The van der Waals surface area contributed by atoms with Gasteiger partial charge in [-0.3, -0.25) is 4.79 Å². The molecule has 8 heteroatoms. The van der Waals surface area contributed by atoms with Gasteiger partial charge in [0, 0.05) is 14.1 Å². The molecule has 2 aromatic carbocycles. The minimum absolute atomic E-state index is 0.0967. The van der Waals surface area contributed by atoms with Gasteiger partial charge in [0.1, 0.15) is 18.1 Å². The third-order valence-corrected chi connectivity index (χ3v) is 5.95. The lowest BCUT2D eigenvalue weighted by molar-refractivity contribution is -0.120. The molecule has 0 aliphatic carbocycles. The van der Waals surface area contributed by atoms with Crippen molar-refractivity contribution in [2.75, 3.05) is 34.4 Å². The number of nitrogens with zero attached hydrogens (tertiary/aromatic N) is 1. The van der Waals surface area contributed by atoms with E-state index in [1.54, 1.807) is 19.2 Å². The molecule has 0 saturated heterocycles. The van der Waals surface area contributed by atoms with E-state index >= 15 is 0 Å². The Morgan fingerprint density at radius 3 is 2.36 bits per heavy atom. The zero-order chi connectivity index (χ0) is 20.7. The molecular weight excluding hydrogens is 380 g/mol. The number of carbonyl (C=O) groups excluding carboxylic acids is 1. The van der Waals surface area contributed by atoms with Gasteiger partial charge >= 0.3 is 0 Å². The van der Waals surface area contributed by atoms with Gasteiger partial charge in [-0.1, -0.05) is 12.1 Å². The van der Waals surface area contributed by atoms with E-state index in [2.05, 4.69) is 5.32 Å². The summed E-state index contributed by atoms with van der Waals surface area (Å²) in [6.07, 6.45) is 0.280. The highest BCUT2D eigenvalue weighted by Gasteiger charge is 2.16. The summed E-state index contributed by atoms with van der Waals surface area (Å²) in [6, 6.07) is 11.8. The Bertz CT molecular complexity index is 909. The highest BCUT2D eigenvalue weighted by atomic mass is 32.2. The van der Waals surface area contributed by atoms with Crippen LogP contribution in [0, 0.1) is 6.92 Å². The molecule has 7 nitrogen and oxygen atoms in total. The van der Waals surface area contributed by atoms with Crippen LogP contribution in [0.15, 0.2) is 47.4 Å². The van der Waals surface area contributed by atoms with Crippen molar-refractivity contribution >= 4 is 15.9 Å². The Morgan fingerprint density at radius 1 is 1.11 bits per heavy atom. The van der Waals surface area contributed by atoms with Crippen LogP contribution in [0.2, 0.25) is 0 Å². The van der Waals surface area contributed by atoms with E-state index in [1.807, 2.05) is 25.1 Å². The molecule has 0 heterocycles. The van der Waals surface area contributed by atoms with Crippen LogP contribution in [0.4, 0.5) is 0 Å². The van der Waals surface area contributed by atoms with Crippen LogP contribution in [-0.4, -0.2) is 53.0 Å². The number of ether oxygens (including phenoxy) is 2. The quantitative estimate of drug-likeness (QED) is 0.644. The van der Waals surface area contributed by atoms with Gasteiger partial charge in [0.2, 0.25) is 15.9 Å². The molecule has 2 aromatic rings. The van der Waals surface area contributed by atoms with Crippen molar-refractivity contribution in [1.82, 2.24) is 9.62 Å². The van der Waals surface area contributed by atoms with E-state index in [4.69, 9.17) is 9.47 Å². The number of rotatable bonds is 9. The van der Waals surface area contributed by atoms with E-state index in [-0.39, 0.29) is 23.8 Å². The summed E-state index contributed by atoms with van der Waals surface area (Å²) in [4.78, 5) is 12.2. The molecule has 152 valence electrons. The Labute approximate surface area is 166 Å². The van der Waals surface area contributed by atoms with Crippen molar-refractivity contribution in [3.8, 4) is 11.5 Å². The second-order valence-corrected chi connectivity index (χ2v) is 8.59. The van der Waals surface area contributed by atoms with Crippen LogP contribution in [0.1, 0.15) is 11.1 Å². The maximum Gasteiger partial charge on any atom is 0.242 e. The third-order valence-electron chi connectivity index (χ3n) is 4.12. The number of sulfonamides is 1. The number of aryl methyl sites for hydroxylation is 1. The molecule has 1 amide bonds. The SMILES string of the molecule is COc1ccc(CC(=O)NCCOc2ccc(S(=O)(=O)N(C)C)cc2)cc1C. The number of carbonyl (C=O) groups is 1. The highest BCUT2D eigenvalue weighted by Crippen LogP contribution is 2.19. The van der Waals surface area contributed by atoms with Gasteiger partial charge in [-0.15, -0.1) is 0 Å². The van der Waals surface area contributed by atoms with E-state index in [9.17, 15) is 13.2 Å². The van der Waals surface area contributed by atoms with E-state index in [0.717, 1.165) is 21.2 Å². The zero-order valence-corrected chi connectivity index (χ0v) is 17.4. The lowest BCUT2D eigenvalue weighted by Crippen LogP contribution is -2.29. The minimum Gasteiger partial charge on any atom is -0.496 e. The number of hydrogen-bond acceptors (Lipinski definition) is 5. The molecule has 0 fully saturated rings. The molecule has 0 radical (unpaired) electrons. The van der Waals surface area contributed by atoms with Crippen molar-refractivity contribution in [2.45, 2.75) is 18.2 Å². The normalized spacial score (nSPS) is 11.3. The van der Waals surface area contributed by atoms with Gasteiger partial charge in [0.15, 0.2) is 0 Å². The average Bonchev–Trinajstić information content (AvgIpc) is 2.65. The summed E-state index contributed by atoms with van der Waals surface area (Å²) in [5, 5.41) is 2.80. The molecule has 0 spiro atoms. The van der Waals surface area contributed by atoms with Crippen molar-refractivity contribution in [3.63, 3.8) is 0 Å². The van der Waals surface area contributed by atoms with Crippen LogP contribution < -0.4 is 14.8 Å². The van der Waals surface area contributed by atoms with E-state index < -0.39 is 10.0 Å². The number of benzene rings is 2. The predicted molar refractivity (Wildman–Crippen MR) is 107 cm³/mol. The Balaban J connectivity index is 1.78. The number of amides is 1. The van der Waals surface area contributed by atoms with E-state index in [1.165, 1.54) is 26.2 Å². The first-order chi connectivity index (χ1) is 13.2. The van der Waals surface area contributed by atoms with Crippen molar-refractivity contribution in [3.05, 3.63) is 53.6 Å². The molecule has 0 saturated carbocycles. The van der Waals surface area contributed by atoms with Crippen molar-refractivity contribution in [1.29, 1.82) is 0 Å². The molecule has 1 N–H and O–H groups in total. The summed E-state index contributed by atoms with van der Waals surface area (Å²) in [6.45, 7) is 2.57. The van der Waals surface area contributed by atoms with E-state index in [0.29, 0.717) is 12.3 Å². The summed E-state index contributed by atoms with van der Waals surface area (Å²) < 4.78 is 35.9. The van der Waals surface area contributed by atoms with Crippen molar-refractivity contribution < 1.29 is 22.7 Å². The summed E-state index contributed by atoms with van der Waals surface area (Å²) in [5.41, 5.74) is 1.89. The first-order valence-electron chi connectivity index (χ1n) is 8.79. The molecule has 0 unspecified atom stereocenters. The smallest absolute Gasteiger partial charge is 0.242 e. The van der Waals surface area contributed by atoms with Crippen LogP contribution >= 0.6 is 0 Å². The molecule has 0 aromatic heterocycles. The Kier molecular flexibility index (Phi) is 7.42. The molecule has 2 rings (SSSR count).